The molecular formula is C13H13N7S. The maximum absolute atomic E-state index is 4.50. The summed E-state index contributed by atoms with van der Waals surface area (Å²) < 4.78 is 6.12. The summed E-state index contributed by atoms with van der Waals surface area (Å²) in [6, 6.07) is 1.91. The SMILES string of the molecule is CN1C=C(c2cnc3c(Nc4ccns4)nccn23)CN1. The van der Waals surface area contributed by atoms with Gasteiger partial charge in [0.25, 0.3) is 0 Å². The highest BCUT2D eigenvalue weighted by molar-refractivity contribution is 7.10. The van der Waals surface area contributed by atoms with Gasteiger partial charge in [-0.1, -0.05) is 0 Å². The van der Waals surface area contributed by atoms with Crippen LogP contribution in [-0.4, -0.2) is 37.3 Å². The van der Waals surface area contributed by atoms with Crippen LogP contribution in [0.25, 0.3) is 11.2 Å². The molecule has 8 heteroatoms. The van der Waals surface area contributed by atoms with Gasteiger partial charge in [0, 0.05) is 44.0 Å². The van der Waals surface area contributed by atoms with Gasteiger partial charge in [0.2, 0.25) is 0 Å². The van der Waals surface area contributed by atoms with Crippen LogP contribution >= 0.6 is 11.5 Å². The minimum atomic E-state index is 0.730. The number of imidazole rings is 1. The van der Waals surface area contributed by atoms with Crippen molar-refractivity contribution in [3.05, 3.63) is 42.7 Å². The maximum Gasteiger partial charge on any atom is 0.180 e. The van der Waals surface area contributed by atoms with Crippen LogP contribution in [0, 0.1) is 0 Å². The minimum absolute atomic E-state index is 0.730. The third-order valence-corrected chi connectivity index (χ3v) is 3.97. The summed E-state index contributed by atoms with van der Waals surface area (Å²) >= 11 is 1.39. The fraction of sp³-hybridized carbons (Fsp3) is 0.154. The second-order valence-corrected chi connectivity index (χ2v) is 5.55. The Hall–Kier alpha value is -2.45. The van der Waals surface area contributed by atoms with E-state index in [-0.39, 0.29) is 0 Å². The van der Waals surface area contributed by atoms with E-state index in [4.69, 9.17) is 0 Å². The quantitative estimate of drug-likeness (QED) is 0.767. The highest BCUT2D eigenvalue weighted by atomic mass is 32.1. The van der Waals surface area contributed by atoms with Gasteiger partial charge in [-0.25, -0.2) is 15.4 Å². The molecule has 0 fully saturated rings. The summed E-state index contributed by atoms with van der Waals surface area (Å²) in [6.07, 6.45) is 9.40. The Balaban J connectivity index is 1.77. The Kier molecular flexibility index (Phi) is 2.83. The van der Waals surface area contributed by atoms with E-state index >= 15 is 0 Å². The number of aromatic nitrogens is 4. The molecule has 0 atom stereocenters. The van der Waals surface area contributed by atoms with Gasteiger partial charge < -0.3 is 10.3 Å². The van der Waals surface area contributed by atoms with Gasteiger partial charge in [0.15, 0.2) is 11.5 Å². The van der Waals surface area contributed by atoms with Crippen LogP contribution in [0.4, 0.5) is 10.8 Å². The summed E-state index contributed by atoms with van der Waals surface area (Å²) in [5, 5.41) is 6.15. The molecule has 0 amide bonds. The van der Waals surface area contributed by atoms with E-state index in [2.05, 4.69) is 31.3 Å². The molecule has 7 nitrogen and oxygen atoms in total. The van der Waals surface area contributed by atoms with E-state index in [1.807, 2.05) is 34.9 Å². The molecule has 0 radical (unpaired) electrons. The number of anilines is 2. The molecule has 0 saturated carbocycles. The van der Waals surface area contributed by atoms with Crippen LogP contribution in [0.5, 0.6) is 0 Å². The summed E-state index contributed by atoms with van der Waals surface area (Å²) in [5.74, 6) is 0.730. The van der Waals surface area contributed by atoms with Crippen molar-refractivity contribution in [3.8, 4) is 0 Å². The number of nitrogens with one attached hydrogen (secondary N) is 2. The zero-order chi connectivity index (χ0) is 14.2. The Morgan fingerprint density at radius 3 is 3.05 bits per heavy atom. The lowest BCUT2D eigenvalue weighted by molar-refractivity contribution is 0.374. The summed E-state index contributed by atoms with van der Waals surface area (Å²) in [7, 11) is 1.98. The molecule has 0 saturated heterocycles. The van der Waals surface area contributed by atoms with E-state index < -0.39 is 0 Å². The fourth-order valence-electron chi connectivity index (χ4n) is 2.33. The fourth-order valence-corrected chi connectivity index (χ4v) is 2.83. The number of hydrogen-bond acceptors (Lipinski definition) is 7. The summed E-state index contributed by atoms with van der Waals surface area (Å²) in [4.78, 5) is 8.88. The Morgan fingerprint density at radius 2 is 2.29 bits per heavy atom. The predicted octanol–water partition coefficient (Wildman–Crippen LogP) is 1.72. The first-order valence-electron chi connectivity index (χ1n) is 6.48. The molecule has 4 heterocycles. The monoisotopic (exact) mass is 299 g/mol. The lowest BCUT2D eigenvalue weighted by Crippen LogP contribution is -2.23. The van der Waals surface area contributed by atoms with E-state index in [9.17, 15) is 0 Å². The normalized spacial score (nSPS) is 14.7. The molecule has 3 aromatic heterocycles. The molecule has 4 rings (SSSR count). The highest BCUT2D eigenvalue weighted by Gasteiger charge is 2.16. The van der Waals surface area contributed by atoms with E-state index in [1.54, 1.807) is 12.4 Å². The molecule has 3 aromatic rings. The van der Waals surface area contributed by atoms with Gasteiger partial charge in [-0.2, -0.15) is 4.37 Å². The van der Waals surface area contributed by atoms with Gasteiger partial charge in [-0.3, -0.25) is 4.40 Å². The zero-order valence-electron chi connectivity index (χ0n) is 11.3. The molecule has 2 N–H and O–H groups in total. The van der Waals surface area contributed by atoms with Crippen LogP contribution in [-0.2, 0) is 0 Å². The van der Waals surface area contributed by atoms with Crippen LogP contribution in [0.15, 0.2) is 37.1 Å². The van der Waals surface area contributed by atoms with Gasteiger partial charge >= 0.3 is 0 Å². The van der Waals surface area contributed by atoms with Crippen LogP contribution < -0.4 is 10.7 Å². The Labute approximate surface area is 125 Å². The first-order valence-corrected chi connectivity index (χ1v) is 7.26. The number of hydrazine groups is 1. The largest absolute Gasteiger partial charge is 0.328 e. The molecule has 106 valence electrons. The van der Waals surface area contributed by atoms with Crippen molar-refractivity contribution in [2.24, 2.45) is 0 Å². The molecule has 0 aliphatic carbocycles. The third kappa shape index (κ3) is 2.14. The average molecular weight is 299 g/mol. The predicted molar refractivity (Wildman–Crippen MR) is 82.1 cm³/mol. The Morgan fingerprint density at radius 1 is 1.33 bits per heavy atom. The highest BCUT2D eigenvalue weighted by Crippen LogP contribution is 2.24. The number of hydrogen-bond donors (Lipinski definition) is 2. The molecule has 21 heavy (non-hydrogen) atoms. The molecule has 1 aliphatic rings. The molecule has 0 bridgehead atoms. The van der Waals surface area contributed by atoms with Crippen LogP contribution in [0.2, 0.25) is 0 Å². The van der Waals surface area contributed by atoms with Crippen LogP contribution in [0.1, 0.15) is 5.69 Å². The summed E-state index contributed by atoms with van der Waals surface area (Å²) in [6.45, 7) is 0.796. The molecular weight excluding hydrogens is 286 g/mol. The number of nitrogens with zero attached hydrogens (tertiary/aromatic N) is 5. The number of rotatable bonds is 3. The smallest absolute Gasteiger partial charge is 0.180 e. The molecule has 1 aliphatic heterocycles. The van der Waals surface area contributed by atoms with Crippen LogP contribution in [0.3, 0.4) is 0 Å². The third-order valence-electron chi connectivity index (χ3n) is 3.30. The molecule has 0 spiro atoms. The zero-order valence-corrected chi connectivity index (χ0v) is 12.1. The van der Waals surface area contributed by atoms with Gasteiger partial charge in [0.05, 0.1) is 11.9 Å². The lowest BCUT2D eigenvalue weighted by atomic mass is 10.2. The van der Waals surface area contributed by atoms with Crippen molar-refractivity contribution >= 4 is 33.6 Å². The van der Waals surface area contributed by atoms with Crippen molar-refractivity contribution in [1.82, 2.24) is 29.2 Å². The second-order valence-electron chi connectivity index (χ2n) is 4.71. The van der Waals surface area contributed by atoms with Crippen molar-refractivity contribution in [2.45, 2.75) is 0 Å². The van der Waals surface area contributed by atoms with Crippen molar-refractivity contribution in [2.75, 3.05) is 18.9 Å². The first kappa shape index (κ1) is 12.3. The minimum Gasteiger partial charge on any atom is -0.328 e. The standard InChI is InChI=1S/C13H13N7S/c1-19-8-9(6-16-19)10-7-15-13-12(14-4-5-20(10)13)18-11-2-3-17-21-11/h2-5,7-8,16H,6H2,1H3,(H,14,18). The topological polar surface area (TPSA) is 70.4 Å². The van der Waals surface area contributed by atoms with Gasteiger partial charge in [-0.05, 0) is 17.6 Å². The molecule has 0 unspecified atom stereocenters. The van der Waals surface area contributed by atoms with E-state index in [1.165, 1.54) is 17.1 Å². The van der Waals surface area contributed by atoms with Gasteiger partial charge in [0.1, 0.15) is 5.00 Å². The van der Waals surface area contributed by atoms with Crippen molar-refractivity contribution < 1.29 is 0 Å². The lowest BCUT2D eigenvalue weighted by Gasteiger charge is -2.05. The maximum atomic E-state index is 4.50. The molecule has 0 aromatic carbocycles. The Bertz CT molecular complexity index is 805. The summed E-state index contributed by atoms with van der Waals surface area (Å²) in [5.41, 5.74) is 6.30. The van der Waals surface area contributed by atoms with Gasteiger partial charge in [-0.15, -0.1) is 0 Å². The van der Waals surface area contributed by atoms with Crippen molar-refractivity contribution in [3.63, 3.8) is 0 Å². The second kappa shape index (κ2) is 4.83. The van der Waals surface area contributed by atoms with E-state index in [0.717, 1.165) is 28.7 Å². The average Bonchev–Trinajstić information content (AvgIpc) is 3.18. The van der Waals surface area contributed by atoms with E-state index in [0.29, 0.717) is 0 Å². The first-order chi connectivity index (χ1) is 10.3. The van der Waals surface area contributed by atoms with Crippen molar-refractivity contribution in [1.29, 1.82) is 0 Å². The number of fused-ring (bicyclic) bond motifs is 1.